The van der Waals surface area contributed by atoms with Crippen molar-refractivity contribution in [3.63, 3.8) is 0 Å². The lowest BCUT2D eigenvalue weighted by atomic mass is 9.96. The Bertz CT molecular complexity index is 1360. The summed E-state index contributed by atoms with van der Waals surface area (Å²) in [5.74, 6) is 0.539. The van der Waals surface area contributed by atoms with E-state index in [2.05, 4.69) is 26.8 Å². The van der Waals surface area contributed by atoms with Crippen molar-refractivity contribution in [2.24, 2.45) is 5.41 Å². The molecule has 3 heterocycles. The number of benzene rings is 1. The van der Waals surface area contributed by atoms with Gasteiger partial charge in [-0.2, -0.15) is 4.98 Å². The fourth-order valence-corrected chi connectivity index (χ4v) is 4.18. The van der Waals surface area contributed by atoms with Crippen LogP contribution in [0.25, 0.3) is 10.9 Å². The van der Waals surface area contributed by atoms with E-state index >= 15 is 0 Å². The van der Waals surface area contributed by atoms with Crippen molar-refractivity contribution < 1.29 is 17.6 Å². The number of nitrogens with zero attached hydrogens (tertiary/aromatic N) is 3. The Morgan fingerprint density at radius 3 is 2.72 bits per heavy atom. The SMILES string of the molecule is CC(F)(F)C1(C#Cc2cncc3c2CCCN3c2nc(=O)[nH]c3ccc(F)c(F)c23)CC1. The van der Waals surface area contributed by atoms with Gasteiger partial charge in [0.05, 0.1) is 28.2 Å². The summed E-state index contributed by atoms with van der Waals surface area (Å²) in [5, 5.41) is -0.142. The van der Waals surface area contributed by atoms with Crippen LogP contribution in [0.2, 0.25) is 0 Å². The molecule has 164 valence electrons. The van der Waals surface area contributed by atoms with E-state index in [4.69, 9.17) is 0 Å². The monoisotopic (exact) mass is 442 g/mol. The third kappa shape index (κ3) is 3.22. The molecule has 1 aliphatic carbocycles. The number of nitrogens with one attached hydrogen (secondary N) is 1. The first-order chi connectivity index (χ1) is 15.2. The number of halogens is 4. The molecule has 0 unspecified atom stereocenters. The second-order valence-corrected chi connectivity index (χ2v) is 8.31. The van der Waals surface area contributed by atoms with E-state index in [1.807, 2.05) is 0 Å². The predicted octanol–water partition coefficient (Wildman–Crippen LogP) is 4.47. The molecule has 0 saturated heterocycles. The lowest BCUT2D eigenvalue weighted by Crippen LogP contribution is -2.29. The Labute approximate surface area is 180 Å². The minimum Gasteiger partial charge on any atom is -0.324 e. The Morgan fingerprint density at radius 1 is 1.22 bits per heavy atom. The number of fused-ring (bicyclic) bond motifs is 2. The number of rotatable bonds is 2. The van der Waals surface area contributed by atoms with Crippen molar-refractivity contribution in [1.82, 2.24) is 15.0 Å². The Kier molecular flexibility index (Phi) is 4.52. The topological polar surface area (TPSA) is 61.9 Å². The Hall–Kier alpha value is -3.41. The molecule has 2 aliphatic rings. The summed E-state index contributed by atoms with van der Waals surface area (Å²) in [5.41, 5.74) is -0.0928. The fraction of sp³-hybridized carbons (Fsp3) is 0.348. The van der Waals surface area contributed by atoms with Gasteiger partial charge in [-0.1, -0.05) is 11.8 Å². The number of aromatic nitrogens is 3. The van der Waals surface area contributed by atoms with E-state index < -0.39 is 28.7 Å². The first-order valence-electron chi connectivity index (χ1n) is 10.2. The molecule has 5 rings (SSSR count). The molecule has 9 heteroatoms. The van der Waals surface area contributed by atoms with Crippen LogP contribution in [-0.4, -0.2) is 27.4 Å². The number of anilines is 2. The molecule has 1 N–H and O–H groups in total. The average molecular weight is 442 g/mol. The largest absolute Gasteiger partial charge is 0.347 e. The van der Waals surface area contributed by atoms with E-state index in [-0.39, 0.29) is 16.7 Å². The van der Waals surface area contributed by atoms with Crippen LogP contribution < -0.4 is 10.6 Å². The average Bonchev–Trinajstić information content (AvgIpc) is 3.55. The van der Waals surface area contributed by atoms with E-state index in [0.717, 1.165) is 18.6 Å². The van der Waals surface area contributed by atoms with Crippen LogP contribution in [0.5, 0.6) is 0 Å². The molecule has 0 bridgehead atoms. The maximum Gasteiger partial charge on any atom is 0.347 e. The molecule has 5 nitrogen and oxygen atoms in total. The lowest BCUT2D eigenvalue weighted by Gasteiger charge is -2.31. The van der Waals surface area contributed by atoms with Crippen LogP contribution in [0, 0.1) is 28.9 Å². The standard InChI is InChI=1S/C23H18F4N4O/c1-22(26,27)23(8-9-23)7-6-13-11-28-12-17-14(13)3-2-10-31(17)20-18-16(29-21(32)30-20)5-4-15(24)19(18)25/h4-5,11-12H,2-3,8-10H2,1H3,(H,29,30,32). The van der Waals surface area contributed by atoms with Crippen LogP contribution in [0.4, 0.5) is 29.1 Å². The molecule has 0 radical (unpaired) electrons. The quantitative estimate of drug-likeness (QED) is 0.470. The van der Waals surface area contributed by atoms with Crippen LogP contribution in [0.3, 0.4) is 0 Å². The van der Waals surface area contributed by atoms with E-state index in [0.29, 0.717) is 43.5 Å². The molecular formula is C23H18F4N4O. The second kappa shape index (κ2) is 7.05. The molecule has 1 aromatic carbocycles. The second-order valence-electron chi connectivity index (χ2n) is 8.31. The highest BCUT2D eigenvalue weighted by Crippen LogP contribution is 2.56. The van der Waals surface area contributed by atoms with Gasteiger partial charge in [-0.15, -0.1) is 0 Å². The van der Waals surface area contributed by atoms with Crippen molar-refractivity contribution in [3.05, 3.63) is 57.8 Å². The number of alkyl halides is 2. The number of H-pyrrole nitrogens is 1. The van der Waals surface area contributed by atoms with Gasteiger partial charge in [0.2, 0.25) is 0 Å². The van der Waals surface area contributed by atoms with E-state index in [9.17, 15) is 22.4 Å². The van der Waals surface area contributed by atoms with Gasteiger partial charge >= 0.3 is 5.69 Å². The Balaban J connectivity index is 1.65. The highest BCUT2D eigenvalue weighted by atomic mass is 19.3. The molecule has 1 aliphatic heterocycles. The highest BCUT2D eigenvalue weighted by molar-refractivity contribution is 5.92. The minimum absolute atomic E-state index is 0.0210. The summed E-state index contributed by atoms with van der Waals surface area (Å²) in [7, 11) is 0. The fourth-order valence-electron chi connectivity index (χ4n) is 4.18. The molecular weight excluding hydrogens is 424 g/mol. The Morgan fingerprint density at radius 2 is 2.00 bits per heavy atom. The van der Waals surface area contributed by atoms with Crippen molar-refractivity contribution >= 4 is 22.4 Å². The van der Waals surface area contributed by atoms with E-state index in [1.54, 1.807) is 4.90 Å². The van der Waals surface area contributed by atoms with Crippen LogP contribution in [-0.2, 0) is 6.42 Å². The maximum atomic E-state index is 14.7. The minimum atomic E-state index is -2.90. The normalized spacial score (nSPS) is 17.0. The van der Waals surface area contributed by atoms with Crippen molar-refractivity contribution in [2.75, 3.05) is 11.4 Å². The molecule has 1 saturated carbocycles. The van der Waals surface area contributed by atoms with Gasteiger partial charge in [-0.05, 0) is 43.4 Å². The maximum absolute atomic E-state index is 14.7. The third-order valence-electron chi connectivity index (χ3n) is 6.18. The van der Waals surface area contributed by atoms with E-state index in [1.165, 1.54) is 18.5 Å². The number of hydrogen-bond donors (Lipinski definition) is 1. The lowest BCUT2D eigenvalue weighted by molar-refractivity contribution is -0.0294. The first-order valence-corrected chi connectivity index (χ1v) is 10.2. The van der Waals surface area contributed by atoms with Gasteiger partial charge in [0, 0.05) is 25.2 Å². The van der Waals surface area contributed by atoms with Gasteiger partial charge in [0.1, 0.15) is 0 Å². The van der Waals surface area contributed by atoms with Crippen LogP contribution in [0.15, 0.2) is 29.3 Å². The first kappa shape index (κ1) is 20.5. The van der Waals surface area contributed by atoms with Gasteiger partial charge in [-0.3, -0.25) is 4.98 Å². The van der Waals surface area contributed by atoms with Crippen LogP contribution in [0.1, 0.15) is 37.3 Å². The molecule has 32 heavy (non-hydrogen) atoms. The van der Waals surface area contributed by atoms with Crippen LogP contribution >= 0.6 is 0 Å². The molecule has 0 amide bonds. The molecule has 0 atom stereocenters. The summed E-state index contributed by atoms with van der Waals surface area (Å²) in [6.45, 7) is 1.27. The molecule has 0 spiro atoms. The molecule has 1 fully saturated rings. The summed E-state index contributed by atoms with van der Waals surface area (Å²) in [4.78, 5) is 24.3. The zero-order valence-corrected chi connectivity index (χ0v) is 17.1. The van der Waals surface area contributed by atoms with Gasteiger partial charge in [0.25, 0.3) is 5.92 Å². The van der Waals surface area contributed by atoms with Crippen molar-refractivity contribution in [2.45, 2.75) is 38.5 Å². The zero-order chi connectivity index (χ0) is 22.7. The molecule has 3 aromatic rings. The van der Waals surface area contributed by atoms with Gasteiger partial charge in [0.15, 0.2) is 17.5 Å². The van der Waals surface area contributed by atoms with Crippen molar-refractivity contribution in [3.8, 4) is 11.8 Å². The van der Waals surface area contributed by atoms with Gasteiger partial charge in [-0.25, -0.2) is 22.4 Å². The predicted molar refractivity (Wildman–Crippen MR) is 111 cm³/mol. The molecule has 2 aromatic heterocycles. The number of aromatic amines is 1. The zero-order valence-electron chi connectivity index (χ0n) is 17.1. The summed E-state index contributed by atoms with van der Waals surface area (Å²) in [6, 6.07) is 2.22. The van der Waals surface area contributed by atoms with Gasteiger partial charge < -0.3 is 9.88 Å². The third-order valence-corrected chi connectivity index (χ3v) is 6.18. The van der Waals surface area contributed by atoms with Crippen molar-refractivity contribution in [1.29, 1.82) is 0 Å². The number of pyridine rings is 1. The summed E-state index contributed by atoms with van der Waals surface area (Å²) < 4.78 is 56.5. The summed E-state index contributed by atoms with van der Waals surface area (Å²) in [6.07, 6.45) is 4.95. The number of hydrogen-bond acceptors (Lipinski definition) is 4. The summed E-state index contributed by atoms with van der Waals surface area (Å²) >= 11 is 0. The smallest absolute Gasteiger partial charge is 0.324 e. The highest BCUT2D eigenvalue weighted by Gasteiger charge is 2.58.